The smallest absolute Gasteiger partial charge is 0.407 e. The van der Waals surface area contributed by atoms with E-state index >= 15 is 0 Å². The number of hydrogen-bond donors (Lipinski definition) is 3. The maximum atomic E-state index is 11.4. The first kappa shape index (κ1) is 16.7. The van der Waals surface area contributed by atoms with Gasteiger partial charge in [0.05, 0.1) is 6.61 Å². The standard InChI is InChI=1S/C12H24N2O4/c1-12(2,3)8-18-11(17)14-9(10(15)16)6-4-5-7-13/h9H,4-8,13H2,1-3H3,(H,14,17)(H,15,16). The fourth-order valence-corrected chi connectivity index (χ4v) is 1.22. The third kappa shape index (κ3) is 8.81. The normalized spacial score (nSPS) is 12.9. The molecule has 0 spiro atoms. The SMILES string of the molecule is CC(C)(C)COC(=O)NC(CCCCN)C(=O)O. The van der Waals surface area contributed by atoms with Gasteiger partial charge in [-0.15, -0.1) is 0 Å². The Labute approximate surface area is 108 Å². The molecule has 1 unspecified atom stereocenters. The van der Waals surface area contributed by atoms with Crippen LogP contribution in [0.25, 0.3) is 0 Å². The Morgan fingerprint density at radius 3 is 2.39 bits per heavy atom. The topological polar surface area (TPSA) is 102 Å². The number of hydrogen-bond acceptors (Lipinski definition) is 4. The van der Waals surface area contributed by atoms with Crippen molar-refractivity contribution < 1.29 is 19.4 Å². The van der Waals surface area contributed by atoms with Crippen molar-refractivity contribution in [3.63, 3.8) is 0 Å². The molecule has 0 aromatic heterocycles. The van der Waals surface area contributed by atoms with E-state index in [1.165, 1.54) is 0 Å². The Morgan fingerprint density at radius 2 is 1.94 bits per heavy atom. The van der Waals surface area contributed by atoms with Crippen molar-refractivity contribution in [1.82, 2.24) is 5.32 Å². The van der Waals surface area contributed by atoms with Gasteiger partial charge in [-0.2, -0.15) is 0 Å². The quantitative estimate of drug-likeness (QED) is 0.599. The molecule has 0 aromatic carbocycles. The number of nitrogens with one attached hydrogen (secondary N) is 1. The van der Waals surface area contributed by atoms with Crippen LogP contribution in [-0.4, -0.2) is 36.4 Å². The first-order valence-electron chi connectivity index (χ1n) is 6.12. The lowest BCUT2D eigenvalue weighted by Crippen LogP contribution is -2.41. The van der Waals surface area contributed by atoms with E-state index in [0.29, 0.717) is 19.4 Å². The summed E-state index contributed by atoms with van der Waals surface area (Å²) < 4.78 is 4.96. The molecular formula is C12H24N2O4. The van der Waals surface area contributed by atoms with Gasteiger partial charge in [0.2, 0.25) is 0 Å². The minimum Gasteiger partial charge on any atom is -0.480 e. The van der Waals surface area contributed by atoms with E-state index in [-0.39, 0.29) is 12.0 Å². The number of nitrogens with two attached hydrogens (primary N) is 1. The minimum atomic E-state index is -1.06. The molecule has 0 aliphatic carbocycles. The monoisotopic (exact) mass is 260 g/mol. The summed E-state index contributed by atoms with van der Waals surface area (Å²) in [5.74, 6) is -1.06. The highest BCUT2D eigenvalue weighted by atomic mass is 16.5. The van der Waals surface area contributed by atoms with Crippen molar-refractivity contribution in [2.24, 2.45) is 11.1 Å². The number of alkyl carbamates (subject to hydrolysis) is 1. The number of aliphatic carboxylic acids is 1. The summed E-state index contributed by atoms with van der Waals surface area (Å²) in [7, 11) is 0. The molecule has 18 heavy (non-hydrogen) atoms. The molecule has 0 aliphatic rings. The van der Waals surface area contributed by atoms with E-state index in [0.717, 1.165) is 6.42 Å². The summed E-state index contributed by atoms with van der Waals surface area (Å²) in [5, 5.41) is 11.3. The largest absolute Gasteiger partial charge is 0.480 e. The van der Waals surface area contributed by atoms with E-state index in [1.807, 2.05) is 20.8 Å². The van der Waals surface area contributed by atoms with Gasteiger partial charge in [0.25, 0.3) is 0 Å². The molecule has 0 radical (unpaired) electrons. The molecular weight excluding hydrogens is 236 g/mol. The molecule has 0 fully saturated rings. The van der Waals surface area contributed by atoms with Crippen LogP contribution in [0.2, 0.25) is 0 Å². The number of amides is 1. The lowest BCUT2D eigenvalue weighted by atomic mass is 9.99. The highest BCUT2D eigenvalue weighted by Gasteiger charge is 2.21. The molecule has 0 saturated heterocycles. The van der Waals surface area contributed by atoms with Crippen molar-refractivity contribution >= 4 is 12.1 Å². The molecule has 0 rings (SSSR count). The highest BCUT2D eigenvalue weighted by Crippen LogP contribution is 2.12. The number of carboxylic acid groups (broad SMARTS) is 1. The second-order valence-corrected chi connectivity index (χ2v) is 5.46. The number of carbonyl (C=O) groups is 2. The number of carbonyl (C=O) groups excluding carboxylic acids is 1. The zero-order chi connectivity index (χ0) is 14.2. The van der Waals surface area contributed by atoms with Crippen molar-refractivity contribution in [1.29, 1.82) is 0 Å². The van der Waals surface area contributed by atoms with Crippen molar-refractivity contribution in [3.05, 3.63) is 0 Å². The maximum absolute atomic E-state index is 11.4. The van der Waals surface area contributed by atoms with Crippen LogP contribution in [0.1, 0.15) is 40.0 Å². The molecule has 0 bridgehead atoms. The van der Waals surface area contributed by atoms with Crippen LogP contribution in [0.5, 0.6) is 0 Å². The van der Waals surface area contributed by atoms with E-state index in [2.05, 4.69) is 5.32 Å². The molecule has 106 valence electrons. The molecule has 6 nitrogen and oxygen atoms in total. The molecule has 1 amide bonds. The molecule has 1 atom stereocenters. The van der Waals surface area contributed by atoms with E-state index in [1.54, 1.807) is 0 Å². The second kappa shape index (κ2) is 7.92. The highest BCUT2D eigenvalue weighted by molar-refractivity contribution is 5.79. The molecule has 0 aromatic rings. The van der Waals surface area contributed by atoms with E-state index in [9.17, 15) is 9.59 Å². The molecule has 0 saturated carbocycles. The van der Waals surface area contributed by atoms with Crippen LogP contribution in [0, 0.1) is 5.41 Å². The fourth-order valence-electron chi connectivity index (χ4n) is 1.22. The lowest BCUT2D eigenvalue weighted by molar-refractivity contribution is -0.139. The Balaban J connectivity index is 4.08. The zero-order valence-corrected chi connectivity index (χ0v) is 11.4. The average molecular weight is 260 g/mol. The van der Waals surface area contributed by atoms with Gasteiger partial charge in [0.15, 0.2) is 0 Å². The van der Waals surface area contributed by atoms with Crippen molar-refractivity contribution in [2.45, 2.75) is 46.1 Å². The Hall–Kier alpha value is -1.30. The molecule has 0 aliphatic heterocycles. The van der Waals surface area contributed by atoms with Crippen LogP contribution in [-0.2, 0) is 9.53 Å². The average Bonchev–Trinajstić information content (AvgIpc) is 2.24. The predicted molar refractivity (Wildman–Crippen MR) is 68.3 cm³/mol. The first-order valence-corrected chi connectivity index (χ1v) is 6.12. The summed E-state index contributed by atoms with van der Waals surface area (Å²) >= 11 is 0. The van der Waals surface area contributed by atoms with Gasteiger partial charge in [-0.25, -0.2) is 9.59 Å². The summed E-state index contributed by atoms with van der Waals surface area (Å²) in [5.41, 5.74) is 5.18. The van der Waals surface area contributed by atoms with Crippen molar-refractivity contribution in [3.8, 4) is 0 Å². The van der Waals surface area contributed by atoms with E-state index < -0.39 is 18.1 Å². The summed E-state index contributed by atoms with van der Waals surface area (Å²) in [6.45, 7) is 6.54. The predicted octanol–water partition coefficient (Wildman–Crippen LogP) is 1.34. The number of carboxylic acids is 1. The Morgan fingerprint density at radius 1 is 1.33 bits per heavy atom. The lowest BCUT2D eigenvalue weighted by Gasteiger charge is -2.19. The van der Waals surface area contributed by atoms with Gasteiger partial charge in [-0.1, -0.05) is 20.8 Å². The summed E-state index contributed by atoms with van der Waals surface area (Å²) in [6.07, 6.45) is 1.07. The second-order valence-electron chi connectivity index (χ2n) is 5.46. The van der Waals surface area contributed by atoms with Gasteiger partial charge in [-0.05, 0) is 31.2 Å². The van der Waals surface area contributed by atoms with E-state index in [4.69, 9.17) is 15.6 Å². The van der Waals surface area contributed by atoms with Gasteiger partial charge in [0.1, 0.15) is 6.04 Å². The third-order valence-electron chi connectivity index (χ3n) is 2.17. The maximum Gasteiger partial charge on any atom is 0.407 e. The number of rotatable bonds is 7. The Bertz CT molecular complexity index is 274. The minimum absolute atomic E-state index is 0.143. The summed E-state index contributed by atoms with van der Waals surface area (Å²) in [4.78, 5) is 22.3. The first-order chi connectivity index (χ1) is 8.26. The van der Waals surface area contributed by atoms with Gasteiger partial charge in [0, 0.05) is 0 Å². The number of ether oxygens (including phenoxy) is 1. The van der Waals surface area contributed by atoms with Crippen LogP contribution in [0.15, 0.2) is 0 Å². The zero-order valence-electron chi connectivity index (χ0n) is 11.4. The molecule has 0 heterocycles. The van der Waals surface area contributed by atoms with Crippen LogP contribution < -0.4 is 11.1 Å². The van der Waals surface area contributed by atoms with Gasteiger partial charge >= 0.3 is 12.1 Å². The molecule has 6 heteroatoms. The van der Waals surface area contributed by atoms with Gasteiger partial charge in [-0.3, -0.25) is 0 Å². The fraction of sp³-hybridized carbons (Fsp3) is 0.833. The van der Waals surface area contributed by atoms with Crippen LogP contribution in [0.4, 0.5) is 4.79 Å². The number of unbranched alkanes of at least 4 members (excludes halogenated alkanes) is 1. The van der Waals surface area contributed by atoms with Crippen LogP contribution in [0.3, 0.4) is 0 Å². The third-order valence-corrected chi connectivity index (χ3v) is 2.17. The molecule has 4 N–H and O–H groups in total. The Kier molecular flexibility index (Phi) is 7.35. The van der Waals surface area contributed by atoms with Crippen molar-refractivity contribution in [2.75, 3.05) is 13.2 Å². The summed E-state index contributed by atoms with van der Waals surface area (Å²) in [6, 6.07) is -0.913. The van der Waals surface area contributed by atoms with Gasteiger partial charge < -0.3 is 20.9 Å². The van der Waals surface area contributed by atoms with Crippen LogP contribution >= 0.6 is 0 Å².